The van der Waals surface area contributed by atoms with E-state index in [-0.39, 0.29) is 12.1 Å². The first-order chi connectivity index (χ1) is 12.7. The lowest BCUT2D eigenvalue weighted by Crippen LogP contribution is -2.50. The van der Waals surface area contributed by atoms with Crippen molar-refractivity contribution in [3.05, 3.63) is 48.5 Å². The van der Waals surface area contributed by atoms with E-state index in [9.17, 15) is 4.79 Å². The Morgan fingerprint density at radius 2 is 1.54 bits per heavy atom. The number of methoxy groups -OCH3 is 2. The van der Waals surface area contributed by atoms with Crippen LogP contribution in [0.5, 0.6) is 11.5 Å². The van der Waals surface area contributed by atoms with Crippen LogP contribution in [0.3, 0.4) is 0 Å². The number of hydrogen-bond acceptors (Lipinski definition) is 4. The third kappa shape index (κ3) is 3.03. The Labute approximate surface area is 153 Å². The molecule has 0 saturated carbocycles. The van der Waals surface area contributed by atoms with E-state index in [0.29, 0.717) is 6.04 Å². The minimum absolute atomic E-state index is 0.0305. The van der Waals surface area contributed by atoms with E-state index in [0.717, 1.165) is 36.7 Å². The van der Waals surface area contributed by atoms with E-state index in [2.05, 4.69) is 22.3 Å². The molecule has 6 heteroatoms. The van der Waals surface area contributed by atoms with Crippen molar-refractivity contribution >= 4 is 17.4 Å². The number of rotatable bonds is 4. The van der Waals surface area contributed by atoms with Crippen molar-refractivity contribution in [1.29, 1.82) is 0 Å². The van der Waals surface area contributed by atoms with E-state index >= 15 is 0 Å². The average molecular weight is 353 g/mol. The fraction of sp³-hybridized carbons (Fsp3) is 0.350. The molecular formula is C20H23N3O3. The van der Waals surface area contributed by atoms with Crippen molar-refractivity contribution in [3.63, 3.8) is 0 Å². The minimum atomic E-state index is -0.0305. The van der Waals surface area contributed by atoms with Crippen molar-refractivity contribution in [3.8, 4) is 11.5 Å². The predicted octanol–water partition coefficient (Wildman–Crippen LogP) is 3.20. The summed E-state index contributed by atoms with van der Waals surface area (Å²) < 4.78 is 10.4. The van der Waals surface area contributed by atoms with Gasteiger partial charge in [0.05, 0.1) is 20.3 Å². The Bertz CT molecular complexity index is 776. The lowest BCUT2D eigenvalue weighted by molar-refractivity contribution is 0.202. The summed E-state index contributed by atoms with van der Waals surface area (Å²) >= 11 is 0. The van der Waals surface area contributed by atoms with Crippen LogP contribution in [-0.4, -0.2) is 50.3 Å². The molecular weight excluding hydrogens is 330 g/mol. The molecule has 2 bridgehead atoms. The molecule has 0 unspecified atom stereocenters. The number of carbonyl (C=O) groups excluding carboxylic acids is 1. The first-order valence-electron chi connectivity index (χ1n) is 8.80. The third-order valence-corrected chi connectivity index (χ3v) is 5.25. The third-order valence-electron chi connectivity index (χ3n) is 5.25. The molecule has 0 aliphatic carbocycles. The van der Waals surface area contributed by atoms with Crippen LogP contribution >= 0.6 is 0 Å². The van der Waals surface area contributed by atoms with Gasteiger partial charge in [0.1, 0.15) is 11.5 Å². The van der Waals surface area contributed by atoms with Crippen molar-refractivity contribution in [2.75, 3.05) is 37.5 Å². The first kappa shape index (κ1) is 16.6. The standard InChI is InChI=1S/C20H23N3O3/c1-25-18-7-3-14(4-8-18)21-20(24)23-13-16-11-17(23)12-22(16)15-5-9-19(26-2)10-6-15/h3-10,16-17H,11-13H2,1-2H3,(H,21,24)/t16-,17-/m1/s1. The van der Waals surface area contributed by atoms with Crippen molar-refractivity contribution < 1.29 is 14.3 Å². The zero-order valence-corrected chi connectivity index (χ0v) is 15.0. The van der Waals surface area contributed by atoms with Crippen LogP contribution in [0, 0.1) is 0 Å². The molecule has 26 heavy (non-hydrogen) atoms. The molecule has 0 aromatic heterocycles. The number of anilines is 2. The van der Waals surface area contributed by atoms with E-state index in [1.54, 1.807) is 14.2 Å². The number of hydrogen-bond donors (Lipinski definition) is 1. The molecule has 2 heterocycles. The predicted molar refractivity (Wildman–Crippen MR) is 101 cm³/mol. The molecule has 6 nitrogen and oxygen atoms in total. The summed E-state index contributed by atoms with van der Waals surface area (Å²) in [6, 6.07) is 16.1. The van der Waals surface area contributed by atoms with Crippen LogP contribution in [0.4, 0.5) is 16.2 Å². The van der Waals surface area contributed by atoms with E-state index in [1.165, 1.54) is 5.69 Å². The van der Waals surface area contributed by atoms with Crippen LogP contribution < -0.4 is 19.7 Å². The van der Waals surface area contributed by atoms with Gasteiger partial charge in [0.15, 0.2) is 0 Å². The second-order valence-electron chi connectivity index (χ2n) is 6.70. The van der Waals surface area contributed by atoms with Crippen molar-refractivity contribution in [2.45, 2.75) is 18.5 Å². The fourth-order valence-electron chi connectivity index (χ4n) is 3.88. The number of urea groups is 1. The Balaban J connectivity index is 1.38. The van der Waals surface area contributed by atoms with E-state index < -0.39 is 0 Å². The van der Waals surface area contributed by atoms with Gasteiger partial charge in [-0.3, -0.25) is 0 Å². The number of ether oxygens (including phenoxy) is 2. The van der Waals surface area contributed by atoms with Gasteiger partial charge < -0.3 is 24.6 Å². The highest BCUT2D eigenvalue weighted by Gasteiger charge is 2.45. The molecule has 2 amide bonds. The quantitative estimate of drug-likeness (QED) is 0.917. The van der Waals surface area contributed by atoms with Gasteiger partial charge >= 0.3 is 6.03 Å². The van der Waals surface area contributed by atoms with Crippen LogP contribution in [0.1, 0.15) is 6.42 Å². The summed E-state index contributed by atoms with van der Waals surface area (Å²) in [6.07, 6.45) is 1.02. The first-order valence-corrected chi connectivity index (χ1v) is 8.80. The number of fused-ring (bicyclic) bond motifs is 2. The molecule has 2 saturated heterocycles. The van der Waals surface area contributed by atoms with Crippen LogP contribution in [0.25, 0.3) is 0 Å². The molecule has 2 aliphatic heterocycles. The smallest absolute Gasteiger partial charge is 0.322 e. The van der Waals surface area contributed by atoms with Crippen LogP contribution in [0.2, 0.25) is 0 Å². The van der Waals surface area contributed by atoms with Gasteiger partial charge in [0.25, 0.3) is 0 Å². The second-order valence-corrected chi connectivity index (χ2v) is 6.70. The highest BCUT2D eigenvalue weighted by molar-refractivity contribution is 5.90. The molecule has 2 fully saturated rings. The highest BCUT2D eigenvalue weighted by Crippen LogP contribution is 2.35. The van der Waals surface area contributed by atoms with Gasteiger partial charge in [-0.15, -0.1) is 0 Å². The molecule has 136 valence electrons. The van der Waals surface area contributed by atoms with Crippen molar-refractivity contribution in [2.24, 2.45) is 0 Å². The summed E-state index contributed by atoms with van der Waals surface area (Å²) in [5, 5.41) is 2.99. The topological polar surface area (TPSA) is 54.0 Å². The summed E-state index contributed by atoms with van der Waals surface area (Å²) in [6.45, 7) is 1.62. The molecule has 0 radical (unpaired) electrons. The Hall–Kier alpha value is -2.89. The van der Waals surface area contributed by atoms with Crippen molar-refractivity contribution in [1.82, 2.24) is 4.90 Å². The normalized spacial score (nSPS) is 21.0. The summed E-state index contributed by atoms with van der Waals surface area (Å²) in [4.78, 5) is 17.0. The zero-order valence-electron chi connectivity index (χ0n) is 15.0. The number of benzene rings is 2. The van der Waals surface area contributed by atoms with E-state index in [1.807, 2.05) is 41.3 Å². The number of piperazine rings is 1. The molecule has 2 atom stereocenters. The van der Waals surface area contributed by atoms with Gasteiger partial charge in [-0.05, 0) is 55.0 Å². The summed E-state index contributed by atoms with van der Waals surface area (Å²) in [7, 11) is 3.30. The van der Waals surface area contributed by atoms with Gasteiger partial charge in [0.2, 0.25) is 0 Å². The van der Waals surface area contributed by atoms with E-state index in [4.69, 9.17) is 9.47 Å². The lowest BCUT2D eigenvalue weighted by Gasteiger charge is -2.35. The lowest BCUT2D eigenvalue weighted by atomic mass is 10.2. The minimum Gasteiger partial charge on any atom is -0.497 e. The van der Waals surface area contributed by atoms with Crippen LogP contribution in [0.15, 0.2) is 48.5 Å². The highest BCUT2D eigenvalue weighted by atomic mass is 16.5. The zero-order chi connectivity index (χ0) is 18.1. The average Bonchev–Trinajstić information content (AvgIpc) is 3.29. The molecule has 2 aromatic carbocycles. The SMILES string of the molecule is COc1ccc(NC(=O)N2C[C@H]3C[C@@H]2CN3c2ccc(OC)cc2)cc1. The van der Waals surface area contributed by atoms with Crippen LogP contribution in [-0.2, 0) is 0 Å². The molecule has 4 rings (SSSR count). The molecule has 1 N–H and O–H groups in total. The molecule has 0 spiro atoms. The Morgan fingerprint density at radius 1 is 0.923 bits per heavy atom. The van der Waals surface area contributed by atoms with Gasteiger partial charge in [-0.25, -0.2) is 4.79 Å². The van der Waals surface area contributed by atoms with Gasteiger partial charge in [-0.1, -0.05) is 0 Å². The molecule has 2 aromatic rings. The number of likely N-dealkylation sites (tertiary alicyclic amines) is 1. The maximum absolute atomic E-state index is 12.6. The molecule has 2 aliphatic rings. The maximum Gasteiger partial charge on any atom is 0.322 e. The van der Waals surface area contributed by atoms with Gasteiger partial charge in [0, 0.05) is 30.5 Å². The summed E-state index contributed by atoms with van der Waals surface area (Å²) in [5.74, 6) is 1.64. The second kappa shape index (κ2) is 6.78. The summed E-state index contributed by atoms with van der Waals surface area (Å²) in [5.41, 5.74) is 1.97. The monoisotopic (exact) mass is 353 g/mol. The number of amides is 2. The number of nitrogens with zero attached hydrogens (tertiary/aromatic N) is 2. The Morgan fingerprint density at radius 3 is 2.08 bits per heavy atom. The Kier molecular flexibility index (Phi) is 4.32. The number of nitrogens with one attached hydrogen (secondary N) is 1. The largest absolute Gasteiger partial charge is 0.497 e. The maximum atomic E-state index is 12.6. The fourth-order valence-corrected chi connectivity index (χ4v) is 3.88. The number of carbonyl (C=O) groups is 1. The van der Waals surface area contributed by atoms with Gasteiger partial charge in [-0.2, -0.15) is 0 Å².